The summed E-state index contributed by atoms with van der Waals surface area (Å²) < 4.78 is 0. The predicted octanol–water partition coefficient (Wildman–Crippen LogP) is 3.10. The van der Waals surface area contributed by atoms with E-state index in [4.69, 9.17) is 0 Å². The summed E-state index contributed by atoms with van der Waals surface area (Å²) in [4.78, 5) is 7.55. The van der Waals surface area contributed by atoms with E-state index in [9.17, 15) is 0 Å². The second-order valence-corrected chi connectivity index (χ2v) is 5.35. The van der Waals surface area contributed by atoms with Crippen molar-refractivity contribution < 1.29 is 0 Å². The van der Waals surface area contributed by atoms with E-state index in [1.807, 2.05) is 13.1 Å². The zero-order valence-corrected chi connectivity index (χ0v) is 9.93. The van der Waals surface area contributed by atoms with Gasteiger partial charge in [0.05, 0.1) is 0 Å². The minimum absolute atomic E-state index is 0.388. The highest BCUT2D eigenvalue weighted by atomic mass is 15.1. The minimum atomic E-state index is 0.388. The van der Waals surface area contributed by atoms with Crippen molar-refractivity contribution in [2.24, 2.45) is 5.41 Å². The Morgan fingerprint density at radius 3 is 2.87 bits per heavy atom. The van der Waals surface area contributed by atoms with Crippen LogP contribution in [0.15, 0.2) is 6.20 Å². The summed E-state index contributed by atoms with van der Waals surface area (Å²) >= 11 is 0. The normalized spacial score (nSPS) is 25.1. The number of aromatic amines is 1. The van der Waals surface area contributed by atoms with Gasteiger partial charge in [-0.15, -0.1) is 0 Å². The van der Waals surface area contributed by atoms with E-state index in [0.29, 0.717) is 11.5 Å². The van der Waals surface area contributed by atoms with Crippen molar-refractivity contribution in [3.05, 3.63) is 11.9 Å². The number of H-pyrrole nitrogens is 1. The van der Waals surface area contributed by atoms with Crippen molar-refractivity contribution in [3.8, 4) is 0 Å². The van der Waals surface area contributed by atoms with Gasteiger partial charge < -0.3 is 10.3 Å². The first kappa shape index (κ1) is 10.5. The molecule has 1 unspecified atom stereocenters. The van der Waals surface area contributed by atoms with Crippen LogP contribution in [0, 0.1) is 12.3 Å². The molecular formula is C12H21N3. The number of rotatable bonds is 2. The Labute approximate surface area is 91.7 Å². The topological polar surface area (TPSA) is 40.7 Å². The molecule has 0 amide bonds. The second-order valence-electron chi connectivity index (χ2n) is 5.35. The van der Waals surface area contributed by atoms with E-state index in [1.165, 1.54) is 25.7 Å². The molecule has 3 nitrogen and oxygen atoms in total. The molecule has 0 bridgehead atoms. The Balaban J connectivity index is 2.04. The molecule has 1 aromatic rings. The number of aromatic nitrogens is 2. The predicted molar refractivity (Wildman–Crippen MR) is 63.0 cm³/mol. The lowest BCUT2D eigenvalue weighted by molar-refractivity contribution is 0.216. The number of anilines is 1. The number of hydrogen-bond donors (Lipinski definition) is 2. The molecule has 1 heterocycles. The van der Waals surface area contributed by atoms with Gasteiger partial charge in [0.15, 0.2) is 0 Å². The van der Waals surface area contributed by atoms with Crippen molar-refractivity contribution >= 4 is 5.95 Å². The maximum absolute atomic E-state index is 4.31. The molecule has 1 aliphatic carbocycles. The summed E-state index contributed by atoms with van der Waals surface area (Å²) in [5.74, 6) is 0.924. The third kappa shape index (κ3) is 2.33. The standard InChI is InChI=1S/C12H21N3/c1-9-8-13-11(14-9)15-10-6-4-5-7-12(10,2)3/h8,10H,4-7H2,1-3H3,(H2,13,14,15). The maximum Gasteiger partial charge on any atom is 0.200 e. The first-order chi connectivity index (χ1) is 7.08. The molecule has 3 heteroatoms. The SMILES string of the molecule is Cc1cnc(NC2CCCCC2(C)C)[nH]1. The number of aryl methyl sites for hydroxylation is 1. The number of hydrogen-bond acceptors (Lipinski definition) is 2. The van der Waals surface area contributed by atoms with Crippen LogP contribution in [0.3, 0.4) is 0 Å². The molecule has 0 radical (unpaired) electrons. The van der Waals surface area contributed by atoms with Crippen LogP contribution >= 0.6 is 0 Å². The molecule has 1 saturated carbocycles. The fraction of sp³-hybridized carbons (Fsp3) is 0.750. The number of nitrogens with one attached hydrogen (secondary N) is 2. The smallest absolute Gasteiger partial charge is 0.200 e. The Morgan fingerprint density at radius 2 is 2.27 bits per heavy atom. The lowest BCUT2D eigenvalue weighted by Gasteiger charge is -2.38. The Morgan fingerprint density at radius 1 is 1.47 bits per heavy atom. The van der Waals surface area contributed by atoms with Gasteiger partial charge in [-0.1, -0.05) is 26.7 Å². The van der Waals surface area contributed by atoms with Gasteiger partial charge >= 0.3 is 0 Å². The molecule has 0 aromatic carbocycles. The molecule has 1 aromatic heterocycles. The summed E-state index contributed by atoms with van der Waals surface area (Å²) in [6.45, 7) is 6.73. The van der Waals surface area contributed by atoms with Gasteiger partial charge in [-0.05, 0) is 25.2 Å². The van der Waals surface area contributed by atoms with Crippen LogP contribution in [0.4, 0.5) is 5.95 Å². The monoisotopic (exact) mass is 207 g/mol. The molecule has 84 valence electrons. The molecule has 1 aliphatic rings. The minimum Gasteiger partial charge on any atom is -0.353 e. The third-order valence-corrected chi connectivity index (χ3v) is 3.52. The third-order valence-electron chi connectivity index (χ3n) is 3.52. The maximum atomic E-state index is 4.31. The molecule has 2 N–H and O–H groups in total. The van der Waals surface area contributed by atoms with Crippen molar-refractivity contribution in [2.75, 3.05) is 5.32 Å². The van der Waals surface area contributed by atoms with Gasteiger partial charge in [0.1, 0.15) is 0 Å². The molecule has 1 fully saturated rings. The summed E-state index contributed by atoms with van der Waals surface area (Å²) in [7, 11) is 0. The highest BCUT2D eigenvalue weighted by Gasteiger charge is 2.32. The van der Waals surface area contributed by atoms with Crippen LogP contribution in [0.1, 0.15) is 45.2 Å². The van der Waals surface area contributed by atoms with Gasteiger partial charge in [-0.3, -0.25) is 0 Å². The Bertz CT molecular complexity index is 327. The summed E-state index contributed by atoms with van der Waals surface area (Å²) in [6, 6.07) is 0.553. The molecular weight excluding hydrogens is 186 g/mol. The highest BCUT2D eigenvalue weighted by Crippen LogP contribution is 2.36. The Kier molecular flexibility index (Phi) is 2.72. The van der Waals surface area contributed by atoms with E-state index in [2.05, 4.69) is 29.1 Å². The lowest BCUT2D eigenvalue weighted by Crippen LogP contribution is -2.39. The van der Waals surface area contributed by atoms with Crippen molar-refractivity contribution in [3.63, 3.8) is 0 Å². The average Bonchev–Trinajstić information content (AvgIpc) is 2.55. The first-order valence-electron chi connectivity index (χ1n) is 5.86. The lowest BCUT2D eigenvalue weighted by atomic mass is 9.73. The van der Waals surface area contributed by atoms with Crippen LogP contribution in [-0.2, 0) is 0 Å². The van der Waals surface area contributed by atoms with Crippen LogP contribution in [0.2, 0.25) is 0 Å². The summed E-state index contributed by atoms with van der Waals surface area (Å²) in [5.41, 5.74) is 1.50. The quantitative estimate of drug-likeness (QED) is 0.782. The molecule has 0 spiro atoms. The van der Waals surface area contributed by atoms with E-state index in [-0.39, 0.29) is 0 Å². The van der Waals surface area contributed by atoms with Gasteiger partial charge in [0.25, 0.3) is 0 Å². The van der Waals surface area contributed by atoms with Crippen molar-refractivity contribution in [1.82, 2.24) is 9.97 Å². The van der Waals surface area contributed by atoms with Gasteiger partial charge in [-0.2, -0.15) is 0 Å². The van der Waals surface area contributed by atoms with Crippen LogP contribution in [-0.4, -0.2) is 16.0 Å². The van der Waals surface area contributed by atoms with Gasteiger partial charge in [0.2, 0.25) is 5.95 Å². The average molecular weight is 207 g/mol. The zero-order chi connectivity index (χ0) is 10.9. The van der Waals surface area contributed by atoms with Crippen molar-refractivity contribution in [2.45, 2.75) is 52.5 Å². The first-order valence-corrected chi connectivity index (χ1v) is 5.86. The molecule has 15 heavy (non-hydrogen) atoms. The van der Waals surface area contributed by atoms with Crippen LogP contribution < -0.4 is 5.32 Å². The van der Waals surface area contributed by atoms with Crippen LogP contribution in [0.5, 0.6) is 0 Å². The number of imidazole rings is 1. The second kappa shape index (κ2) is 3.87. The van der Waals surface area contributed by atoms with E-state index in [1.54, 1.807) is 0 Å². The van der Waals surface area contributed by atoms with Gasteiger partial charge in [-0.25, -0.2) is 4.98 Å². The highest BCUT2D eigenvalue weighted by molar-refractivity contribution is 5.28. The molecule has 1 atom stereocenters. The summed E-state index contributed by atoms with van der Waals surface area (Å²) in [6.07, 6.45) is 7.14. The summed E-state index contributed by atoms with van der Waals surface area (Å²) in [5, 5.41) is 3.53. The number of nitrogens with zero attached hydrogens (tertiary/aromatic N) is 1. The largest absolute Gasteiger partial charge is 0.353 e. The molecule has 0 saturated heterocycles. The van der Waals surface area contributed by atoms with Crippen molar-refractivity contribution in [1.29, 1.82) is 0 Å². The molecule has 0 aliphatic heterocycles. The van der Waals surface area contributed by atoms with Gasteiger partial charge in [0, 0.05) is 17.9 Å². The van der Waals surface area contributed by atoms with E-state index < -0.39 is 0 Å². The fourth-order valence-corrected chi connectivity index (χ4v) is 2.41. The Hall–Kier alpha value is -0.990. The van der Waals surface area contributed by atoms with E-state index >= 15 is 0 Å². The van der Waals surface area contributed by atoms with Crippen LogP contribution in [0.25, 0.3) is 0 Å². The molecule has 2 rings (SSSR count). The zero-order valence-electron chi connectivity index (χ0n) is 9.93. The fourth-order valence-electron chi connectivity index (χ4n) is 2.41. The van der Waals surface area contributed by atoms with E-state index in [0.717, 1.165) is 11.6 Å².